The molecule has 4 rings (SSSR count). The second-order valence-electron chi connectivity index (χ2n) is 8.35. The molecule has 2 N–H and O–H groups in total. The summed E-state index contributed by atoms with van der Waals surface area (Å²) in [4.78, 5) is 14.4. The van der Waals surface area contributed by atoms with Crippen molar-refractivity contribution in [1.82, 2.24) is 4.98 Å². The number of aromatic amines is 1. The summed E-state index contributed by atoms with van der Waals surface area (Å²) in [5.74, 6) is 3.59. The molecule has 0 saturated carbocycles. The van der Waals surface area contributed by atoms with Crippen LogP contribution in [-0.4, -0.2) is 16.1 Å². The third-order valence-electron chi connectivity index (χ3n) is 6.09. The zero-order chi connectivity index (χ0) is 24.9. The summed E-state index contributed by atoms with van der Waals surface area (Å²) in [6.45, 7) is 3.62. The molecule has 0 saturated heterocycles. The monoisotopic (exact) mass is 473 g/mol. The summed E-state index contributed by atoms with van der Waals surface area (Å²) >= 11 is 0. The van der Waals surface area contributed by atoms with Gasteiger partial charge in [-0.25, -0.2) is 8.78 Å². The van der Waals surface area contributed by atoms with E-state index in [1.165, 1.54) is 18.2 Å². The second-order valence-corrected chi connectivity index (χ2v) is 8.35. The highest BCUT2D eigenvalue weighted by atomic mass is 19.1. The lowest BCUT2D eigenvalue weighted by molar-refractivity contribution is -0.137. The molecule has 0 aliphatic heterocycles. The average molecular weight is 474 g/mol. The Morgan fingerprint density at radius 3 is 2.43 bits per heavy atom. The Labute approximate surface area is 202 Å². The van der Waals surface area contributed by atoms with Crippen molar-refractivity contribution in [2.75, 3.05) is 0 Å². The number of fused-ring (bicyclic) bond motifs is 1. The molecule has 4 nitrogen and oxygen atoms in total. The van der Waals surface area contributed by atoms with E-state index in [2.05, 4.69) is 16.8 Å². The molecule has 0 aliphatic carbocycles. The van der Waals surface area contributed by atoms with Crippen LogP contribution in [0.15, 0.2) is 66.9 Å². The molecule has 2 unspecified atom stereocenters. The minimum Gasteiger partial charge on any atom is -0.485 e. The smallest absolute Gasteiger partial charge is 0.304 e. The van der Waals surface area contributed by atoms with Crippen LogP contribution in [0.25, 0.3) is 10.9 Å². The molecule has 178 valence electrons. The summed E-state index contributed by atoms with van der Waals surface area (Å²) < 4.78 is 35.3. The Balaban J connectivity index is 1.69. The third-order valence-corrected chi connectivity index (χ3v) is 6.09. The topological polar surface area (TPSA) is 62.3 Å². The van der Waals surface area contributed by atoms with Gasteiger partial charge in [-0.05, 0) is 66.3 Å². The highest BCUT2D eigenvalue weighted by Crippen LogP contribution is 2.33. The first kappa shape index (κ1) is 24.0. The fourth-order valence-corrected chi connectivity index (χ4v) is 4.31. The zero-order valence-corrected chi connectivity index (χ0v) is 19.4. The lowest BCUT2D eigenvalue weighted by atomic mass is 9.95. The molecule has 3 aromatic carbocycles. The summed E-state index contributed by atoms with van der Waals surface area (Å²) in [5, 5.41) is 10.2. The molecule has 0 bridgehead atoms. The summed E-state index contributed by atoms with van der Waals surface area (Å²) in [7, 11) is 0. The van der Waals surface area contributed by atoms with Crippen molar-refractivity contribution in [1.29, 1.82) is 0 Å². The first-order valence-corrected chi connectivity index (χ1v) is 11.3. The molecule has 2 atom stereocenters. The molecular formula is C29H25F2NO3. The standard InChI is InChI=1S/C29H25F2NO3/c1-3-5-21(16-28(33)34)19-8-11-22(12-9-19)35-27(17-24-25(30)6-4-7-26(24)31)23-13-10-20-14-15-32-29(20)18(23)2/h4,6-15,21,27,32H,16-17H2,1-2H3,(H,33,34). The minimum absolute atomic E-state index is 0.00371. The maximum atomic E-state index is 14.5. The van der Waals surface area contributed by atoms with Crippen LogP contribution in [0.1, 0.15) is 47.6 Å². The predicted octanol–water partition coefficient (Wildman–Crippen LogP) is 6.70. The van der Waals surface area contributed by atoms with Crippen LogP contribution in [0.2, 0.25) is 0 Å². The number of ether oxygens (including phenoxy) is 1. The van der Waals surface area contributed by atoms with Crippen LogP contribution in [-0.2, 0) is 11.2 Å². The first-order chi connectivity index (χ1) is 16.9. The molecule has 1 heterocycles. The van der Waals surface area contributed by atoms with Gasteiger partial charge in [0.05, 0.1) is 12.3 Å². The molecule has 0 amide bonds. The van der Waals surface area contributed by atoms with Crippen LogP contribution < -0.4 is 4.74 Å². The molecule has 0 aliphatic rings. The highest BCUT2D eigenvalue weighted by molar-refractivity contribution is 5.83. The molecule has 35 heavy (non-hydrogen) atoms. The Morgan fingerprint density at radius 1 is 1.06 bits per heavy atom. The fourth-order valence-electron chi connectivity index (χ4n) is 4.31. The normalized spacial score (nSPS) is 12.6. The van der Waals surface area contributed by atoms with E-state index in [-0.39, 0.29) is 18.4 Å². The number of H-pyrrole nitrogens is 1. The predicted molar refractivity (Wildman–Crippen MR) is 131 cm³/mol. The number of halogens is 2. The van der Waals surface area contributed by atoms with Crippen molar-refractivity contribution >= 4 is 16.9 Å². The maximum Gasteiger partial charge on any atom is 0.304 e. The highest BCUT2D eigenvalue weighted by Gasteiger charge is 2.22. The Bertz CT molecular complexity index is 1390. The average Bonchev–Trinajstić information content (AvgIpc) is 3.31. The molecular weight excluding hydrogens is 448 g/mol. The number of carboxylic acid groups (broad SMARTS) is 1. The van der Waals surface area contributed by atoms with E-state index in [9.17, 15) is 18.7 Å². The number of carboxylic acids is 1. The van der Waals surface area contributed by atoms with Crippen LogP contribution in [0, 0.1) is 30.4 Å². The lowest BCUT2D eigenvalue weighted by Gasteiger charge is -2.23. The number of carbonyl (C=O) groups is 1. The van der Waals surface area contributed by atoms with Crippen LogP contribution in [0.4, 0.5) is 8.78 Å². The molecule has 6 heteroatoms. The van der Waals surface area contributed by atoms with Crippen molar-refractivity contribution in [3.05, 3.63) is 101 Å². The van der Waals surface area contributed by atoms with E-state index in [4.69, 9.17) is 4.74 Å². The number of nitrogens with one attached hydrogen (secondary N) is 1. The van der Waals surface area contributed by atoms with E-state index < -0.39 is 29.6 Å². The molecule has 4 aromatic rings. The largest absolute Gasteiger partial charge is 0.485 e. The Morgan fingerprint density at radius 2 is 1.77 bits per heavy atom. The zero-order valence-electron chi connectivity index (χ0n) is 19.4. The minimum atomic E-state index is -0.930. The van der Waals surface area contributed by atoms with Gasteiger partial charge in [0.25, 0.3) is 0 Å². The lowest BCUT2D eigenvalue weighted by Crippen LogP contribution is -2.15. The molecule has 0 spiro atoms. The van der Waals surface area contributed by atoms with E-state index in [0.29, 0.717) is 5.75 Å². The van der Waals surface area contributed by atoms with Crippen LogP contribution >= 0.6 is 0 Å². The first-order valence-electron chi connectivity index (χ1n) is 11.3. The number of aliphatic carboxylic acids is 1. The van der Waals surface area contributed by atoms with Gasteiger partial charge in [0, 0.05) is 23.7 Å². The van der Waals surface area contributed by atoms with Gasteiger partial charge < -0.3 is 14.8 Å². The summed E-state index contributed by atoms with van der Waals surface area (Å²) in [5.41, 5.74) is 3.41. The van der Waals surface area contributed by atoms with Crippen molar-refractivity contribution in [3.8, 4) is 17.6 Å². The number of hydrogen-bond donors (Lipinski definition) is 2. The maximum absolute atomic E-state index is 14.5. The van der Waals surface area contributed by atoms with Crippen molar-refractivity contribution in [2.45, 2.75) is 38.7 Å². The second kappa shape index (κ2) is 10.4. The van der Waals surface area contributed by atoms with Gasteiger partial charge >= 0.3 is 5.97 Å². The van der Waals surface area contributed by atoms with Gasteiger partial charge in [0.1, 0.15) is 23.5 Å². The van der Waals surface area contributed by atoms with E-state index in [1.54, 1.807) is 31.2 Å². The number of aryl methyl sites for hydroxylation is 1. The quantitative estimate of drug-likeness (QED) is 0.280. The van der Waals surface area contributed by atoms with Crippen LogP contribution in [0.3, 0.4) is 0 Å². The number of benzene rings is 3. The Hall–Kier alpha value is -4.11. The number of hydrogen-bond acceptors (Lipinski definition) is 2. The van der Waals surface area contributed by atoms with Gasteiger partial charge in [0.15, 0.2) is 0 Å². The molecule has 0 radical (unpaired) electrons. The van der Waals surface area contributed by atoms with Gasteiger partial charge in [-0.1, -0.05) is 36.3 Å². The van der Waals surface area contributed by atoms with Gasteiger partial charge in [-0.3, -0.25) is 4.79 Å². The Kier molecular flexibility index (Phi) is 7.17. The number of rotatable bonds is 8. The number of aromatic nitrogens is 1. The van der Waals surface area contributed by atoms with E-state index in [0.717, 1.165) is 27.6 Å². The fraction of sp³-hybridized carbons (Fsp3) is 0.207. The molecule has 1 aromatic heterocycles. The van der Waals surface area contributed by atoms with Gasteiger partial charge in [-0.15, -0.1) is 5.92 Å². The SMILES string of the molecule is CC#CC(CC(=O)O)c1ccc(OC(Cc2c(F)cccc2F)c2ccc3cc[nH]c3c2C)cc1. The van der Waals surface area contributed by atoms with Gasteiger partial charge in [0.2, 0.25) is 0 Å². The van der Waals surface area contributed by atoms with E-state index >= 15 is 0 Å². The van der Waals surface area contributed by atoms with Crippen LogP contribution in [0.5, 0.6) is 5.75 Å². The van der Waals surface area contributed by atoms with Crippen molar-refractivity contribution in [2.24, 2.45) is 0 Å². The van der Waals surface area contributed by atoms with E-state index in [1.807, 2.05) is 31.3 Å². The third kappa shape index (κ3) is 5.36. The summed E-state index contributed by atoms with van der Waals surface area (Å²) in [6, 6.07) is 16.7. The van der Waals surface area contributed by atoms with Crippen molar-refractivity contribution in [3.63, 3.8) is 0 Å². The van der Waals surface area contributed by atoms with Gasteiger partial charge in [-0.2, -0.15) is 0 Å². The summed E-state index contributed by atoms with van der Waals surface area (Å²) in [6.07, 6.45) is 1.08. The molecule has 0 fully saturated rings. The van der Waals surface area contributed by atoms with Crippen molar-refractivity contribution < 1.29 is 23.4 Å².